The molecule has 1 aromatic carbocycles. The third-order valence-electron chi connectivity index (χ3n) is 3.38. The van der Waals surface area contributed by atoms with Crippen LogP contribution in [0.2, 0.25) is 0 Å². The zero-order valence-corrected chi connectivity index (χ0v) is 15.0. The van der Waals surface area contributed by atoms with E-state index < -0.39 is 0 Å². The van der Waals surface area contributed by atoms with Crippen LogP contribution in [0.25, 0.3) is 0 Å². The summed E-state index contributed by atoms with van der Waals surface area (Å²) < 4.78 is 0. The van der Waals surface area contributed by atoms with Crippen LogP contribution >= 0.6 is 0 Å². The minimum absolute atomic E-state index is 0.0334. The molecule has 0 aliphatic rings. The van der Waals surface area contributed by atoms with E-state index in [1.54, 1.807) is 0 Å². The standard InChI is InChI=1S/C18H29N3O2/c1-6-21(12-15-10-8-7-9-11-15)17(23)14-20(5)13-16(22)19-18(2,3)4/h7-11H,6,12-14H2,1-5H3,(H,19,22)/p+1. The summed E-state index contributed by atoms with van der Waals surface area (Å²) in [5.41, 5.74) is 0.871. The van der Waals surface area contributed by atoms with E-state index in [2.05, 4.69) is 5.32 Å². The lowest BCUT2D eigenvalue weighted by molar-refractivity contribution is -0.863. The quantitative estimate of drug-likeness (QED) is 0.767. The van der Waals surface area contributed by atoms with E-state index in [-0.39, 0.29) is 17.4 Å². The summed E-state index contributed by atoms with van der Waals surface area (Å²) >= 11 is 0. The molecule has 1 aromatic rings. The van der Waals surface area contributed by atoms with Crippen molar-refractivity contribution in [3.05, 3.63) is 35.9 Å². The molecule has 0 aromatic heterocycles. The highest BCUT2D eigenvalue weighted by molar-refractivity contribution is 5.79. The van der Waals surface area contributed by atoms with E-state index in [0.29, 0.717) is 26.2 Å². The number of likely N-dealkylation sites (N-methyl/N-ethyl adjacent to an activating group) is 2. The van der Waals surface area contributed by atoms with Gasteiger partial charge in [-0.15, -0.1) is 0 Å². The number of rotatable bonds is 7. The van der Waals surface area contributed by atoms with Crippen molar-refractivity contribution in [2.45, 2.75) is 39.8 Å². The molecule has 0 saturated heterocycles. The molecule has 2 N–H and O–H groups in total. The number of hydrogen-bond acceptors (Lipinski definition) is 2. The molecule has 5 heteroatoms. The van der Waals surface area contributed by atoms with Gasteiger partial charge >= 0.3 is 0 Å². The molecule has 5 nitrogen and oxygen atoms in total. The van der Waals surface area contributed by atoms with Crippen LogP contribution in [0, 0.1) is 0 Å². The highest BCUT2D eigenvalue weighted by Crippen LogP contribution is 2.04. The molecule has 1 rings (SSSR count). The zero-order valence-electron chi connectivity index (χ0n) is 15.0. The van der Waals surface area contributed by atoms with Crippen LogP contribution in [0.3, 0.4) is 0 Å². The highest BCUT2D eigenvalue weighted by Gasteiger charge is 2.21. The number of carbonyl (C=O) groups excluding carboxylic acids is 2. The molecule has 0 bridgehead atoms. The first-order valence-corrected chi connectivity index (χ1v) is 8.15. The highest BCUT2D eigenvalue weighted by atomic mass is 16.2. The summed E-state index contributed by atoms with van der Waals surface area (Å²) in [4.78, 5) is 27.1. The van der Waals surface area contributed by atoms with Gasteiger partial charge in [0.25, 0.3) is 11.8 Å². The predicted molar refractivity (Wildman–Crippen MR) is 92.0 cm³/mol. The lowest BCUT2D eigenvalue weighted by Gasteiger charge is -2.24. The van der Waals surface area contributed by atoms with Crippen LogP contribution in [-0.2, 0) is 16.1 Å². The van der Waals surface area contributed by atoms with E-state index >= 15 is 0 Å². The molecular formula is C18H30N3O2+. The Morgan fingerprint density at radius 1 is 1.13 bits per heavy atom. The number of nitrogens with zero attached hydrogens (tertiary/aromatic N) is 1. The fraction of sp³-hybridized carbons (Fsp3) is 0.556. The largest absolute Gasteiger partial charge is 0.347 e. The van der Waals surface area contributed by atoms with Crippen molar-refractivity contribution in [3.63, 3.8) is 0 Å². The van der Waals surface area contributed by atoms with E-state index in [0.717, 1.165) is 10.5 Å². The Labute approximate surface area is 139 Å². The second kappa shape index (κ2) is 8.67. The van der Waals surface area contributed by atoms with Gasteiger partial charge < -0.3 is 15.1 Å². The van der Waals surface area contributed by atoms with E-state index in [4.69, 9.17) is 0 Å². The van der Waals surface area contributed by atoms with Crippen LogP contribution in [0.5, 0.6) is 0 Å². The minimum atomic E-state index is -0.246. The molecular weight excluding hydrogens is 290 g/mol. The number of benzene rings is 1. The maximum Gasteiger partial charge on any atom is 0.278 e. The number of quaternary nitrogens is 1. The molecule has 128 valence electrons. The summed E-state index contributed by atoms with van der Waals surface area (Å²) in [6.45, 7) is 9.71. The third kappa shape index (κ3) is 7.79. The SMILES string of the molecule is CCN(Cc1ccccc1)C(=O)C[NH+](C)CC(=O)NC(C)(C)C. The molecule has 0 spiro atoms. The van der Waals surface area contributed by atoms with Crippen molar-refractivity contribution in [1.29, 1.82) is 0 Å². The Morgan fingerprint density at radius 2 is 1.74 bits per heavy atom. The van der Waals surface area contributed by atoms with Crippen molar-refractivity contribution < 1.29 is 14.5 Å². The first-order valence-electron chi connectivity index (χ1n) is 8.15. The van der Waals surface area contributed by atoms with Crippen LogP contribution in [0.15, 0.2) is 30.3 Å². The molecule has 23 heavy (non-hydrogen) atoms. The lowest BCUT2D eigenvalue weighted by atomic mass is 10.1. The second-order valence-electron chi connectivity index (χ2n) is 7.00. The van der Waals surface area contributed by atoms with Crippen LogP contribution in [0.1, 0.15) is 33.3 Å². The topological polar surface area (TPSA) is 53.9 Å². The maximum absolute atomic E-state index is 12.4. The molecule has 0 aliphatic carbocycles. The summed E-state index contributed by atoms with van der Waals surface area (Å²) in [5, 5.41) is 2.92. The Kier molecular flexibility index (Phi) is 7.23. The first-order chi connectivity index (χ1) is 10.7. The summed E-state index contributed by atoms with van der Waals surface area (Å²) in [7, 11) is 1.87. The third-order valence-corrected chi connectivity index (χ3v) is 3.38. The Balaban J connectivity index is 2.50. The fourth-order valence-corrected chi connectivity index (χ4v) is 2.35. The van der Waals surface area contributed by atoms with Crippen molar-refractivity contribution in [2.24, 2.45) is 0 Å². The van der Waals surface area contributed by atoms with Gasteiger partial charge in [-0.2, -0.15) is 0 Å². The summed E-state index contributed by atoms with van der Waals surface area (Å²) in [6, 6.07) is 9.95. The number of amides is 2. The average Bonchev–Trinajstić information content (AvgIpc) is 2.43. The lowest BCUT2D eigenvalue weighted by Crippen LogP contribution is -3.11. The number of carbonyl (C=O) groups is 2. The van der Waals surface area contributed by atoms with E-state index in [1.807, 2.05) is 70.0 Å². The average molecular weight is 320 g/mol. The van der Waals surface area contributed by atoms with Crippen molar-refractivity contribution >= 4 is 11.8 Å². The van der Waals surface area contributed by atoms with Crippen LogP contribution in [-0.4, -0.2) is 48.9 Å². The van der Waals surface area contributed by atoms with Gasteiger partial charge in [0, 0.05) is 18.6 Å². The molecule has 1 unspecified atom stereocenters. The monoisotopic (exact) mass is 320 g/mol. The Bertz CT molecular complexity index is 509. The molecule has 0 aliphatic heterocycles. The van der Waals surface area contributed by atoms with Gasteiger partial charge in [0.1, 0.15) is 0 Å². The van der Waals surface area contributed by atoms with Gasteiger partial charge in [0.2, 0.25) is 0 Å². The number of nitrogens with one attached hydrogen (secondary N) is 2. The van der Waals surface area contributed by atoms with Crippen LogP contribution in [0.4, 0.5) is 0 Å². The van der Waals surface area contributed by atoms with Gasteiger partial charge in [-0.05, 0) is 33.3 Å². The van der Waals surface area contributed by atoms with Gasteiger partial charge in [-0.3, -0.25) is 9.59 Å². The molecule has 1 atom stereocenters. The fourth-order valence-electron chi connectivity index (χ4n) is 2.35. The summed E-state index contributed by atoms with van der Waals surface area (Å²) in [6.07, 6.45) is 0. The van der Waals surface area contributed by atoms with E-state index in [1.165, 1.54) is 0 Å². The Hall–Kier alpha value is -1.88. The minimum Gasteiger partial charge on any atom is -0.347 e. The van der Waals surface area contributed by atoms with Crippen LogP contribution < -0.4 is 10.2 Å². The van der Waals surface area contributed by atoms with Gasteiger partial charge in [-0.25, -0.2) is 0 Å². The van der Waals surface area contributed by atoms with E-state index in [9.17, 15) is 9.59 Å². The second-order valence-corrected chi connectivity index (χ2v) is 7.00. The van der Waals surface area contributed by atoms with Crippen molar-refractivity contribution in [3.8, 4) is 0 Å². The Morgan fingerprint density at radius 3 is 2.26 bits per heavy atom. The number of hydrogen-bond donors (Lipinski definition) is 2. The molecule has 0 fully saturated rings. The first kappa shape index (κ1) is 19.2. The van der Waals surface area contributed by atoms with Crippen molar-refractivity contribution in [2.75, 3.05) is 26.7 Å². The van der Waals surface area contributed by atoms with Gasteiger partial charge in [-0.1, -0.05) is 30.3 Å². The summed E-state index contributed by atoms with van der Waals surface area (Å²) in [5.74, 6) is 0.0336. The molecule has 0 heterocycles. The van der Waals surface area contributed by atoms with Gasteiger partial charge in [0.05, 0.1) is 7.05 Å². The molecule has 0 radical (unpaired) electrons. The molecule has 0 saturated carbocycles. The maximum atomic E-state index is 12.4. The normalized spacial score (nSPS) is 12.6. The smallest absolute Gasteiger partial charge is 0.278 e. The molecule has 2 amide bonds. The van der Waals surface area contributed by atoms with Crippen molar-refractivity contribution in [1.82, 2.24) is 10.2 Å². The van der Waals surface area contributed by atoms with Gasteiger partial charge in [0.15, 0.2) is 13.1 Å². The predicted octanol–water partition coefficient (Wildman–Crippen LogP) is 0.465. The zero-order chi connectivity index (χ0) is 17.5.